The van der Waals surface area contributed by atoms with Crippen LogP contribution in [0.1, 0.15) is 23.4 Å². The van der Waals surface area contributed by atoms with Crippen LogP contribution < -0.4 is 5.32 Å². The monoisotopic (exact) mass is 244 g/mol. The third-order valence-electron chi connectivity index (χ3n) is 3.51. The number of aromatic nitrogens is 1. The zero-order valence-corrected chi connectivity index (χ0v) is 11.3. The van der Waals surface area contributed by atoms with Crippen molar-refractivity contribution in [3.63, 3.8) is 0 Å². The standard InChI is InChI=1S/C14H20N4/c1-10-6-14(13(7-15)11(2)17-10)16-8-12-4-5-18(3)9-12/h6,12H,4-5,8-9H2,1-3H3,(H,16,17). The molecule has 96 valence electrons. The molecule has 1 aliphatic heterocycles. The summed E-state index contributed by atoms with van der Waals surface area (Å²) in [6, 6.07) is 4.20. The highest BCUT2D eigenvalue weighted by molar-refractivity contribution is 5.59. The molecule has 18 heavy (non-hydrogen) atoms. The maximum Gasteiger partial charge on any atom is 0.103 e. The number of rotatable bonds is 3. The van der Waals surface area contributed by atoms with E-state index in [1.165, 1.54) is 13.0 Å². The lowest BCUT2D eigenvalue weighted by Crippen LogP contribution is -2.19. The number of likely N-dealkylation sites (tertiary alicyclic amines) is 1. The summed E-state index contributed by atoms with van der Waals surface area (Å²) in [7, 11) is 2.15. The summed E-state index contributed by atoms with van der Waals surface area (Å²) < 4.78 is 0. The van der Waals surface area contributed by atoms with Gasteiger partial charge in [-0.25, -0.2) is 0 Å². The minimum absolute atomic E-state index is 0.673. The van der Waals surface area contributed by atoms with Gasteiger partial charge in [-0.1, -0.05) is 0 Å². The van der Waals surface area contributed by atoms with Crippen LogP contribution in [0, 0.1) is 31.1 Å². The van der Waals surface area contributed by atoms with Crippen molar-refractivity contribution < 1.29 is 0 Å². The molecule has 0 saturated carbocycles. The summed E-state index contributed by atoms with van der Waals surface area (Å²) in [4.78, 5) is 6.67. The Morgan fingerprint density at radius 1 is 1.56 bits per heavy atom. The summed E-state index contributed by atoms with van der Waals surface area (Å²) >= 11 is 0. The Kier molecular flexibility index (Phi) is 3.83. The van der Waals surface area contributed by atoms with Crippen LogP contribution in [0.2, 0.25) is 0 Å². The number of nitrogens with zero attached hydrogens (tertiary/aromatic N) is 3. The normalized spacial score (nSPS) is 19.8. The lowest BCUT2D eigenvalue weighted by atomic mass is 10.1. The van der Waals surface area contributed by atoms with Gasteiger partial charge in [0.05, 0.1) is 16.9 Å². The first-order valence-corrected chi connectivity index (χ1v) is 6.41. The quantitative estimate of drug-likeness (QED) is 0.882. The van der Waals surface area contributed by atoms with Gasteiger partial charge in [-0.05, 0) is 45.8 Å². The van der Waals surface area contributed by atoms with Crippen molar-refractivity contribution in [1.82, 2.24) is 9.88 Å². The van der Waals surface area contributed by atoms with Crippen LogP contribution >= 0.6 is 0 Å². The summed E-state index contributed by atoms with van der Waals surface area (Å²) in [5, 5.41) is 12.6. The highest BCUT2D eigenvalue weighted by Crippen LogP contribution is 2.21. The largest absolute Gasteiger partial charge is 0.384 e. The molecule has 4 nitrogen and oxygen atoms in total. The Morgan fingerprint density at radius 2 is 2.33 bits per heavy atom. The first-order valence-electron chi connectivity index (χ1n) is 6.41. The van der Waals surface area contributed by atoms with Gasteiger partial charge in [0.25, 0.3) is 0 Å². The molecule has 1 fully saturated rings. The number of nitrogens with one attached hydrogen (secondary N) is 1. The molecule has 1 unspecified atom stereocenters. The molecule has 1 N–H and O–H groups in total. The van der Waals surface area contributed by atoms with Gasteiger partial charge < -0.3 is 10.2 Å². The molecule has 1 saturated heterocycles. The molecule has 2 rings (SSSR count). The highest BCUT2D eigenvalue weighted by atomic mass is 15.1. The van der Waals surface area contributed by atoms with E-state index in [0.717, 1.165) is 30.2 Å². The smallest absolute Gasteiger partial charge is 0.103 e. The lowest BCUT2D eigenvalue weighted by molar-refractivity contribution is 0.399. The fourth-order valence-electron chi connectivity index (χ4n) is 2.56. The minimum Gasteiger partial charge on any atom is -0.384 e. The lowest BCUT2D eigenvalue weighted by Gasteiger charge is -2.14. The predicted octanol–water partition coefficient (Wildman–Crippen LogP) is 1.93. The van der Waals surface area contributed by atoms with Crippen LogP contribution in [0.4, 0.5) is 5.69 Å². The van der Waals surface area contributed by atoms with Crippen LogP contribution in [-0.2, 0) is 0 Å². The van der Waals surface area contributed by atoms with E-state index in [9.17, 15) is 5.26 Å². The highest BCUT2D eigenvalue weighted by Gasteiger charge is 2.19. The van der Waals surface area contributed by atoms with E-state index in [0.29, 0.717) is 11.5 Å². The number of hydrogen-bond donors (Lipinski definition) is 1. The Balaban J connectivity index is 2.07. The summed E-state index contributed by atoms with van der Waals surface area (Å²) in [5.74, 6) is 0.676. The molecule has 1 aliphatic rings. The van der Waals surface area contributed by atoms with Crippen molar-refractivity contribution in [2.45, 2.75) is 20.3 Å². The Bertz CT molecular complexity index is 475. The van der Waals surface area contributed by atoms with Gasteiger partial charge >= 0.3 is 0 Å². The number of hydrogen-bond acceptors (Lipinski definition) is 4. The second-order valence-corrected chi connectivity index (χ2v) is 5.18. The van der Waals surface area contributed by atoms with Crippen molar-refractivity contribution >= 4 is 5.69 Å². The van der Waals surface area contributed by atoms with Crippen LogP contribution in [0.15, 0.2) is 6.07 Å². The zero-order chi connectivity index (χ0) is 13.1. The van der Waals surface area contributed by atoms with Crippen molar-refractivity contribution in [2.75, 3.05) is 32.0 Å². The van der Waals surface area contributed by atoms with Crippen molar-refractivity contribution in [3.8, 4) is 6.07 Å². The zero-order valence-electron chi connectivity index (χ0n) is 11.3. The van der Waals surface area contributed by atoms with E-state index in [1.54, 1.807) is 0 Å². The number of pyridine rings is 1. The average Bonchev–Trinajstić information content (AvgIpc) is 2.72. The fourth-order valence-corrected chi connectivity index (χ4v) is 2.56. The third kappa shape index (κ3) is 2.80. The van der Waals surface area contributed by atoms with E-state index in [2.05, 4.69) is 28.3 Å². The van der Waals surface area contributed by atoms with Gasteiger partial charge in [-0.2, -0.15) is 5.26 Å². The molecule has 0 amide bonds. The Labute approximate surface area is 109 Å². The molecule has 0 aromatic carbocycles. The van der Waals surface area contributed by atoms with Gasteiger partial charge in [0.2, 0.25) is 0 Å². The van der Waals surface area contributed by atoms with Gasteiger partial charge in [0.1, 0.15) is 6.07 Å². The summed E-state index contributed by atoms with van der Waals surface area (Å²) in [6.45, 7) is 7.09. The first kappa shape index (κ1) is 12.8. The number of anilines is 1. The SMILES string of the molecule is Cc1cc(NCC2CCN(C)C2)c(C#N)c(C)n1. The first-order chi connectivity index (χ1) is 8.60. The molecule has 0 radical (unpaired) electrons. The van der Waals surface area contributed by atoms with E-state index in [1.807, 2.05) is 19.9 Å². The Hall–Kier alpha value is -1.60. The van der Waals surface area contributed by atoms with Crippen LogP contribution in [0.5, 0.6) is 0 Å². The molecule has 0 bridgehead atoms. The second-order valence-electron chi connectivity index (χ2n) is 5.18. The van der Waals surface area contributed by atoms with Crippen molar-refractivity contribution in [2.24, 2.45) is 5.92 Å². The fraction of sp³-hybridized carbons (Fsp3) is 0.571. The molecule has 0 aliphatic carbocycles. The number of nitriles is 1. The summed E-state index contributed by atoms with van der Waals surface area (Å²) in [6.07, 6.45) is 1.23. The molecule has 2 heterocycles. The molecule has 4 heteroatoms. The second kappa shape index (κ2) is 5.36. The Morgan fingerprint density at radius 3 is 2.94 bits per heavy atom. The van der Waals surface area contributed by atoms with Crippen molar-refractivity contribution in [3.05, 3.63) is 23.0 Å². The van der Waals surface area contributed by atoms with Crippen LogP contribution in [0.3, 0.4) is 0 Å². The molecule has 0 spiro atoms. The molecule has 1 aromatic rings. The summed E-state index contributed by atoms with van der Waals surface area (Å²) in [5.41, 5.74) is 3.37. The molecule has 1 aromatic heterocycles. The number of aryl methyl sites for hydroxylation is 2. The van der Waals surface area contributed by atoms with Gasteiger partial charge in [0.15, 0.2) is 0 Å². The van der Waals surface area contributed by atoms with E-state index >= 15 is 0 Å². The average molecular weight is 244 g/mol. The van der Waals surface area contributed by atoms with Crippen LogP contribution in [0.25, 0.3) is 0 Å². The predicted molar refractivity (Wildman–Crippen MR) is 72.5 cm³/mol. The van der Waals surface area contributed by atoms with Gasteiger partial charge in [-0.3, -0.25) is 4.98 Å². The third-order valence-corrected chi connectivity index (χ3v) is 3.51. The van der Waals surface area contributed by atoms with Crippen LogP contribution in [-0.4, -0.2) is 36.6 Å². The topological polar surface area (TPSA) is 52.0 Å². The minimum atomic E-state index is 0.673. The molecular weight excluding hydrogens is 224 g/mol. The maximum absolute atomic E-state index is 9.19. The van der Waals surface area contributed by atoms with Gasteiger partial charge in [-0.15, -0.1) is 0 Å². The van der Waals surface area contributed by atoms with E-state index in [-0.39, 0.29) is 0 Å². The molecule has 1 atom stereocenters. The van der Waals surface area contributed by atoms with E-state index < -0.39 is 0 Å². The van der Waals surface area contributed by atoms with Gasteiger partial charge in [0, 0.05) is 18.8 Å². The molecular formula is C14H20N4. The maximum atomic E-state index is 9.19. The van der Waals surface area contributed by atoms with E-state index in [4.69, 9.17) is 0 Å². The van der Waals surface area contributed by atoms with Crippen molar-refractivity contribution in [1.29, 1.82) is 5.26 Å².